The van der Waals surface area contributed by atoms with Crippen molar-refractivity contribution < 1.29 is 0 Å². The van der Waals surface area contributed by atoms with Crippen LogP contribution in [0.15, 0.2) is 57.5 Å². The number of benzene rings is 3. The van der Waals surface area contributed by atoms with Gasteiger partial charge >= 0.3 is 0 Å². The van der Waals surface area contributed by atoms with Crippen LogP contribution in [0, 0.1) is 0 Å². The first-order chi connectivity index (χ1) is 17.5. The summed E-state index contributed by atoms with van der Waals surface area (Å²) in [5.41, 5.74) is 11.2. The lowest BCUT2D eigenvalue weighted by Gasteiger charge is -2.16. The fraction of sp³-hybridized carbons (Fsp3) is 0.471. The molecule has 0 aliphatic carbocycles. The molecular weight excluding hydrogens is 568 g/mol. The van der Waals surface area contributed by atoms with Crippen LogP contribution in [0.25, 0.3) is 22.3 Å². The maximum atomic E-state index is 3.94. The van der Waals surface area contributed by atoms with Crippen LogP contribution in [0.4, 0.5) is 0 Å². The number of halogens is 2. The van der Waals surface area contributed by atoms with Gasteiger partial charge in [-0.05, 0) is 108 Å². The van der Waals surface area contributed by atoms with Crippen molar-refractivity contribution in [3.63, 3.8) is 0 Å². The van der Waals surface area contributed by atoms with E-state index in [2.05, 4.69) is 108 Å². The quantitative estimate of drug-likeness (QED) is 0.170. The van der Waals surface area contributed by atoms with Gasteiger partial charge in [-0.2, -0.15) is 0 Å². The highest BCUT2D eigenvalue weighted by Gasteiger charge is 2.14. The monoisotopic (exact) mass is 610 g/mol. The zero-order valence-electron chi connectivity index (χ0n) is 22.9. The van der Waals surface area contributed by atoms with Crippen LogP contribution in [-0.2, 0) is 25.7 Å². The van der Waals surface area contributed by atoms with Crippen LogP contribution in [0.2, 0.25) is 0 Å². The summed E-state index contributed by atoms with van der Waals surface area (Å²) in [6, 6.07) is 18.9. The summed E-state index contributed by atoms with van der Waals surface area (Å²) in [6.45, 7) is 9.13. The molecule has 36 heavy (non-hydrogen) atoms. The highest BCUT2D eigenvalue weighted by molar-refractivity contribution is 9.11. The maximum absolute atomic E-state index is 3.94. The predicted molar refractivity (Wildman–Crippen MR) is 167 cm³/mol. The molecule has 0 bridgehead atoms. The molecule has 3 aromatic carbocycles. The lowest BCUT2D eigenvalue weighted by molar-refractivity contribution is 0.758. The van der Waals surface area contributed by atoms with Gasteiger partial charge in [0.05, 0.1) is 0 Å². The Labute approximate surface area is 237 Å². The second-order valence-electron chi connectivity index (χ2n) is 10.2. The molecule has 0 aliphatic rings. The Morgan fingerprint density at radius 2 is 0.778 bits per heavy atom. The first-order valence-electron chi connectivity index (χ1n) is 14.3. The molecule has 3 rings (SSSR count). The minimum Gasteiger partial charge on any atom is -0.0654 e. The van der Waals surface area contributed by atoms with E-state index < -0.39 is 0 Å². The van der Waals surface area contributed by atoms with E-state index in [4.69, 9.17) is 0 Å². The van der Waals surface area contributed by atoms with Gasteiger partial charge in [-0.3, -0.25) is 0 Å². The first-order valence-corrected chi connectivity index (χ1v) is 15.8. The Bertz CT molecular complexity index is 1020. The lowest BCUT2D eigenvalue weighted by atomic mass is 9.91. The molecule has 0 heterocycles. The fourth-order valence-electron chi connectivity index (χ4n) is 5.00. The van der Waals surface area contributed by atoms with E-state index in [-0.39, 0.29) is 0 Å². The molecule has 3 aromatic rings. The van der Waals surface area contributed by atoms with Gasteiger partial charge in [0.25, 0.3) is 0 Å². The molecule has 0 nitrogen and oxygen atoms in total. The zero-order valence-corrected chi connectivity index (χ0v) is 26.0. The van der Waals surface area contributed by atoms with Crippen LogP contribution in [0.3, 0.4) is 0 Å². The Hall–Kier alpha value is -1.38. The topological polar surface area (TPSA) is 0 Å². The maximum Gasteiger partial charge on any atom is 0.0260 e. The van der Waals surface area contributed by atoms with Gasteiger partial charge in [0.15, 0.2) is 0 Å². The van der Waals surface area contributed by atoms with E-state index in [0.717, 1.165) is 8.95 Å². The van der Waals surface area contributed by atoms with Crippen molar-refractivity contribution >= 4 is 31.9 Å². The molecule has 0 amide bonds. The van der Waals surface area contributed by atoms with Crippen molar-refractivity contribution in [3.05, 3.63) is 79.7 Å². The average molecular weight is 613 g/mol. The predicted octanol–water partition coefficient (Wildman–Crippen LogP) is 11.9. The summed E-state index contributed by atoms with van der Waals surface area (Å²) in [6.07, 6.45) is 14.7. The number of hydrogen-bond donors (Lipinski definition) is 0. The standard InChI is InChI=1S/C34H44Br2/c1-5-9-13-25-17-19-29(21-27(25)15-11-7-3)31-23-34(36)32(24-33(31)35)30-20-18-26(14-10-6-2)28(22-30)16-12-8-4/h17-24H,5-16H2,1-4H3. The molecule has 0 saturated carbocycles. The third-order valence-corrected chi connectivity index (χ3v) is 8.60. The smallest absolute Gasteiger partial charge is 0.0260 e. The van der Waals surface area contributed by atoms with Gasteiger partial charge in [-0.25, -0.2) is 0 Å². The molecule has 194 valence electrons. The van der Waals surface area contributed by atoms with Crippen molar-refractivity contribution in [2.24, 2.45) is 0 Å². The molecule has 0 fully saturated rings. The zero-order chi connectivity index (χ0) is 25.9. The van der Waals surface area contributed by atoms with Crippen molar-refractivity contribution in [2.45, 2.75) is 105 Å². The minimum absolute atomic E-state index is 1.16. The van der Waals surface area contributed by atoms with Crippen molar-refractivity contribution in [3.8, 4) is 22.3 Å². The Morgan fingerprint density at radius 3 is 1.11 bits per heavy atom. The molecule has 2 heteroatoms. The lowest BCUT2D eigenvalue weighted by Crippen LogP contribution is -1.97. The highest BCUT2D eigenvalue weighted by Crippen LogP contribution is 2.39. The van der Waals surface area contributed by atoms with Gasteiger partial charge in [0.2, 0.25) is 0 Å². The molecule has 0 saturated heterocycles. The summed E-state index contributed by atoms with van der Waals surface area (Å²) in [4.78, 5) is 0. The summed E-state index contributed by atoms with van der Waals surface area (Å²) in [5.74, 6) is 0. The number of aryl methyl sites for hydroxylation is 4. The fourth-order valence-corrected chi connectivity index (χ4v) is 6.14. The summed E-state index contributed by atoms with van der Waals surface area (Å²) in [7, 11) is 0. The summed E-state index contributed by atoms with van der Waals surface area (Å²) < 4.78 is 2.32. The molecule has 0 N–H and O–H groups in total. The van der Waals surface area contributed by atoms with E-state index in [1.165, 1.54) is 122 Å². The van der Waals surface area contributed by atoms with Gasteiger partial charge < -0.3 is 0 Å². The van der Waals surface area contributed by atoms with E-state index in [1.54, 1.807) is 0 Å². The van der Waals surface area contributed by atoms with Gasteiger partial charge in [-0.1, -0.05) is 122 Å². The Morgan fingerprint density at radius 1 is 0.444 bits per heavy atom. The molecule has 0 aromatic heterocycles. The summed E-state index contributed by atoms with van der Waals surface area (Å²) in [5, 5.41) is 0. The number of rotatable bonds is 14. The van der Waals surface area contributed by atoms with Crippen LogP contribution >= 0.6 is 31.9 Å². The SMILES string of the molecule is CCCCc1ccc(-c2cc(Br)c(-c3ccc(CCCC)c(CCCC)c3)cc2Br)cc1CCCC. The van der Waals surface area contributed by atoms with Gasteiger partial charge in [-0.15, -0.1) is 0 Å². The highest BCUT2D eigenvalue weighted by atomic mass is 79.9. The van der Waals surface area contributed by atoms with Crippen LogP contribution in [0.5, 0.6) is 0 Å². The third-order valence-electron chi connectivity index (χ3n) is 7.29. The number of hydrogen-bond acceptors (Lipinski definition) is 0. The Balaban J connectivity index is 1.97. The molecule has 0 radical (unpaired) electrons. The van der Waals surface area contributed by atoms with Gasteiger partial charge in [0.1, 0.15) is 0 Å². The van der Waals surface area contributed by atoms with E-state index >= 15 is 0 Å². The molecule has 0 spiro atoms. The van der Waals surface area contributed by atoms with Gasteiger partial charge in [0, 0.05) is 8.95 Å². The molecule has 0 unspecified atom stereocenters. The molecular formula is C34H44Br2. The van der Waals surface area contributed by atoms with Crippen LogP contribution in [0.1, 0.15) is 101 Å². The molecule has 0 aliphatic heterocycles. The van der Waals surface area contributed by atoms with Crippen LogP contribution in [-0.4, -0.2) is 0 Å². The van der Waals surface area contributed by atoms with Crippen molar-refractivity contribution in [2.75, 3.05) is 0 Å². The second-order valence-corrected chi connectivity index (χ2v) is 11.9. The second kappa shape index (κ2) is 15.1. The van der Waals surface area contributed by atoms with Crippen molar-refractivity contribution in [1.29, 1.82) is 0 Å². The van der Waals surface area contributed by atoms with E-state index in [9.17, 15) is 0 Å². The van der Waals surface area contributed by atoms with E-state index in [1.807, 2.05) is 0 Å². The Kier molecular flexibility index (Phi) is 12.3. The largest absolute Gasteiger partial charge is 0.0654 e. The average Bonchev–Trinajstić information content (AvgIpc) is 2.89. The molecule has 0 atom stereocenters. The van der Waals surface area contributed by atoms with E-state index in [0.29, 0.717) is 0 Å². The third kappa shape index (κ3) is 7.81. The summed E-state index contributed by atoms with van der Waals surface area (Å²) >= 11 is 7.88. The first kappa shape index (κ1) is 29.2. The van der Waals surface area contributed by atoms with Crippen LogP contribution < -0.4 is 0 Å². The van der Waals surface area contributed by atoms with Crippen molar-refractivity contribution in [1.82, 2.24) is 0 Å². The number of unbranched alkanes of at least 4 members (excludes halogenated alkanes) is 4. The minimum atomic E-state index is 1.16. The normalized spacial score (nSPS) is 11.3.